The van der Waals surface area contributed by atoms with E-state index >= 15 is 0 Å². The van der Waals surface area contributed by atoms with Crippen LogP contribution < -0.4 is 4.74 Å². The molecule has 0 radical (unpaired) electrons. The minimum absolute atomic E-state index is 0.00875. The molecule has 0 unspecified atom stereocenters. The third kappa shape index (κ3) is 5.24. The number of hydrogen-bond donors (Lipinski definition) is 1. The third-order valence-electron chi connectivity index (χ3n) is 7.86. The van der Waals surface area contributed by atoms with Crippen molar-refractivity contribution in [2.75, 3.05) is 33.0 Å². The Balaban J connectivity index is 1.35. The molecular formula is C32H34N4O4. The van der Waals surface area contributed by atoms with Crippen LogP contribution in [0, 0.1) is 0 Å². The number of amides is 1. The first-order chi connectivity index (χ1) is 19.6. The Morgan fingerprint density at radius 2 is 1.95 bits per heavy atom. The van der Waals surface area contributed by atoms with Crippen molar-refractivity contribution in [2.24, 2.45) is 0 Å². The number of rotatable bonds is 7. The first-order valence-corrected chi connectivity index (χ1v) is 13.9. The summed E-state index contributed by atoms with van der Waals surface area (Å²) in [5.41, 5.74) is 4.98. The zero-order valence-corrected chi connectivity index (χ0v) is 22.8. The maximum absolute atomic E-state index is 12.3. The van der Waals surface area contributed by atoms with Crippen LogP contribution in [-0.2, 0) is 22.6 Å². The van der Waals surface area contributed by atoms with Gasteiger partial charge in [0.15, 0.2) is 0 Å². The van der Waals surface area contributed by atoms with E-state index in [1.165, 1.54) is 0 Å². The molecule has 0 bridgehead atoms. The van der Waals surface area contributed by atoms with E-state index in [0.29, 0.717) is 25.6 Å². The van der Waals surface area contributed by atoms with E-state index in [4.69, 9.17) is 24.5 Å². The predicted octanol–water partition coefficient (Wildman–Crippen LogP) is 4.95. The van der Waals surface area contributed by atoms with Gasteiger partial charge in [-0.1, -0.05) is 24.3 Å². The monoisotopic (exact) mass is 538 g/mol. The molecule has 0 saturated carbocycles. The number of fused-ring (bicyclic) bond motifs is 2. The number of hydrogen-bond acceptors (Lipinski definition) is 6. The Hall–Kier alpha value is -4.01. The van der Waals surface area contributed by atoms with Crippen LogP contribution in [0.15, 0.2) is 66.9 Å². The number of aliphatic hydroxyl groups is 1. The van der Waals surface area contributed by atoms with Crippen LogP contribution in [0.25, 0.3) is 33.3 Å². The van der Waals surface area contributed by atoms with Crippen LogP contribution in [-0.4, -0.2) is 63.4 Å². The Labute approximate surface area is 233 Å². The summed E-state index contributed by atoms with van der Waals surface area (Å²) in [6.45, 7) is 5.61. The second-order valence-corrected chi connectivity index (χ2v) is 10.3. The number of aromatic nitrogens is 3. The fourth-order valence-electron chi connectivity index (χ4n) is 5.69. The zero-order valence-electron chi connectivity index (χ0n) is 22.8. The van der Waals surface area contributed by atoms with Crippen molar-refractivity contribution in [2.45, 2.75) is 38.8 Å². The Morgan fingerprint density at radius 1 is 1.12 bits per heavy atom. The van der Waals surface area contributed by atoms with Crippen LogP contribution in [0.3, 0.4) is 0 Å². The molecule has 2 aromatic carbocycles. The van der Waals surface area contributed by atoms with Gasteiger partial charge in [0, 0.05) is 61.9 Å². The zero-order chi connectivity index (χ0) is 27.5. The highest BCUT2D eigenvalue weighted by atomic mass is 16.5. The van der Waals surface area contributed by atoms with E-state index in [0.717, 1.165) is 83.2 Å². The van der Waals surface area contributed by atoms with Gasteiger partial charge in [0.05, 0.1) is 30.2 Å². The number of pyridine rings is 1. The van der Waals surface area contributed by atoms with Gasteiger partial charge < -0.3 is 24.0 Å². The van der Waals surface area contributed by atoms with Gasteiger partial charge in [0.1, 0.15) is 18.2 Å². The van der Waals surface area contributed by atoms with Crippen LogP contribution in [0.4, 0.5) is 0 Å². The number of imidazole rings is 1. The molecule has 40 heavy (non-hydrogen) atoms. The quantitative estimate of drug-likeness (QED) is 0.335. The van der Waals surface area contributed by atoms with Crippen molar-refractivity contribution in [3.8, 4) is 28.3 Å². The van der Waals surface area contributed by atoms with Crippen LogP contribution >= 0.6 is 0 Å². The molecule has 1 N–H and O–H groups in total. The van der Waals surface area contributed by atoms with Crippen molar-refractivity contribution in [3.05, 3.63) is 78.4 Å². The van der Waals surface area contributed by atoms with E-state index in [-0.39, 0.29) is 12.5 Å². The van der Waals surface area contributed by atoms with Crippen molar-refractivity contribution < 1.29 is 19.4 Å². The fraction of sp³-hybridized carbons (Fsp3) is 0.344. The highest BCUT2D eigenvalue weighted by Crippen LogP contribution is 2.37. The van der Waals surface area contributed by atoms with E-state index in [9.17, 15) is 4.79 Å². The second-order valence-electron chi connectivity index (χ2n) is 10.3. The number of nitrogens with zero attached hydrogens (tertiary/aromatic N) is 4. The van der Waals surface area contributed by atoms with Gasteiger partial charge in [-0.3, -0.25) is 9.78 Å². The molecule has 6 rings (SSSR count). The van der Waals surface area contributed by atoms with Gasteiger partial charge in [0.25, 0.3) is 0 Å². The molecular weight excluding hydrogens is 504 g/mol. The van der Waals surface area contributed by atoms with Gasteiger partial charge in [-0.25, -0.2) is 4.98 Å². The van der Waals surface area contributed by atoms with E-state index in [2.05, 4.69) is 28.8 Å². The maximum atomic E-state index is 12.3. The molecule has 4 heterocycles. The van der Waals surface area contributed by atoms with Crippen molar-refractivity contribution in [3.63, 3.8) is 0 Å². The molecule has 2 aromatic heterocycles. The van der Waals surface area contributed by atoms with Crippen LogP contribution in [0.2, 0.25) is 0 Å². The highest BCUT2D eigenvalue weighted by molar-refractivity contribution is 5.97. The fourth-order valence-corrected chi connectivity index (χ4v) is 5.69. The molecule has 206 valence electrons. The number of carbonyl (C=O) groups excluding carboxylic acids is 1. The standard InChI is InChI=1S/C32H34N4O4/c1-22(38)35-13-14-36-30(21-35)31(34-32(36)24-11-17-39-18-12-24)27-6-4-5-25-19-29(33-20-28(25)27)23-7-9-26(10-8-23)40-16-3-2-15-37/h2-10,19-20,24,37H,11-18,21H2,1H3/b3-2+. The SMILES string of the molecule is CC(=O)N1CCn2c(C3CCOCC3)nc(-c3cccc4cc(-c5ccc(OC/C=C/CO)cc5)ncc34)c2C1. The lowest BCUT2D eigenvalue weighted by molar-refractivity contribution is -0.130. The molecule has 1 saturated heterocycles. The minimum atomic E-state index is 0.00875. The summed E-state index contributed by atoms with van der Waals surface area (Å²) in [6.07, 6.45) is 7.32. The topological polar surface area (TPSA) is 89.7 Å². The lowest BCUT2D eigenvalue weighted by Crippen LogP contribution is -2.37. The third-order valence-corrected chi connectivity index (χ3v) is 7.86. The summed E-state index contributed by atoms with van der Waals surface area (Å²) in [4.78, 5) is 24.3. The molecule has 8 nitrogen and oxygen atoms in total. The Kier molecular flexibility index (Phi) is 7.62. The summed E-state index contributed by atoms with van der Waals surface area (Å²) in [6, 6.07) is 16.3. The summed E-state index contributed by atoms with van der Waals surface area (Å²) >= 11 is 0. The molecule has 2 aliphatic heterocycles. The second kappa shape index (κ2) is 11.6. The largest absolute Gasteiger partial charge is 0.490 e. The van der Waals surface area contributed by atoms with Gasteiger partial charge in [-0.2, -0.15) is 0 Å². The summed E-state index contributed by atoms with van der Waals surface area (Å²) in [7, 11) is 0. The molecule has 8 heteroatoms. The normalized spacial score (nSPS) is 16.0. The van der Waals surface area contributed by atoms with Crippen molar-refractivity contribution >= 4 is 16.7 Å². The lowest BCUT2D eigenvalue weighted by atomic mass is 9.99. The molecule has 4 aromatic rings. The number of ether oxygens (including phenoxy) is 2. The van der Waals surface area contributed by atoms with Gasteiger partial charge in [-0.05, 0) is 54.6 Å². The van der Waals surface area contributed by atoms with Gasteiger partial charge in [0.2, 0.25) is 5.91 Å². The van der Waals surface area contributed by atoms with Crippen LogP contribution in [0.5, 0.6) is 5.75 Å². The summed E-state index contributed by atoms with van der Waals surface area (Å²) in [5.74, 6) is 2.34. The molecule has 0 spiro atoms. The number of carbonyl (C=O) groups is 1. The van der Waals surface area contributed by atoms with E-state index in [1.807, 2.05) is 35.4 Å². The highest BCUT2D eigenvalue weighted by Gasteiger charge is 2.30. The first kappa shape index (κ1) is 26.2. The molecule has 0 atom stereocenters. The van der Waals surface area contributed by atoms with Gasteiger partial charge >= 0.3 is 0 Å². The molecule has 1 amide bonds. The lowest BCUT2D eigenvalue weighted by Gasteiger charge is -2.30. The predicted molar refractivity (Wildman–Crippen MR) is 154 cm³/mol. The Morgan fingerprint density at radius 3 is 2.73 bits per heavy atom. The Bertz CT molecular complexity index is 1540. The number of aliphatic hydroxyl groups excluding tert-OH is 1. The van der Waals surface area contributed by atoms with E-state index < -0.39 is 0 Å². The van der Waals surface area contributed by atoms with E-state index in [1.54, 1.807) is 19.1 Å². The molecule has 1 fully saturated rings. The smallest absolute Gasteiger partial charge is 0.219 e. The minimum Gasteiger partial charge on any atom is -0.490 e. The average Bonchev–Trinajstić information content (AvgIpc) is 3.38. The average molecular weight is 539 g/mol. The maximum Gasteiger partial charge on any atom is 0.219 e. The molecule has 2 aliphatic rings. The number of benzene rings is 2. The van der Waals surface area contributed by atoms with Crippen molar-refractivity contribution in [1.82, 2.24) is 19.4 Å². The molecule has 0 aliphatic carbocycles. The summed E-state index contributed by atoms with van der Waals surface area (Å²) < 4.78 is 13.7. The van der Waals surface area contributed by atoms with Crippen LogP contribution in [0.1, 0.15) is 37.2 Å². The van der Waals surface area contributed by atoms with Gasteiger partial charge in [-0.15, -0.1) is 0 Å². The summed E-state index contributed by atoms with van der Waals surface area (Å²) in [5, 5.41) is 11.0. The van der Waals surface area contributed by atoms with Crippen molar-refractivity contribution in [1.29, 1.82) is 0 Å². The first-order valence-electron chi connectivity index (χ1n) is 13.9.